The lowest BCUT2D eigenvalue weighted by atomic mass is 10.2. The van der Waals surface area contributed by atoms with Gasteiger partial charge in [-0.3, -0.25) is 4.79 Å². The number of carbonyl (C=O) groups is 1. The van der Waals surface area contributed by atoms with E-state index in [0.29, 0.717) is 49.8 Å². The number of urea groups is 1. The highest BCUT2D eigenvalue weighted by Gasteiger charge is 2.21. The number of rotatable bonds is 5. The van der Waals surface area contributed by atoms with E-state index in [1.807, 2.05) is 0 Å². The number of amides is 2. The molecule has 0 saturated carbocycles. The maximum atomic E-state index is 12.0. The normalized spacial score (nSPS) is 17.0. The van der Waals surface area contributed by atoms with Crippen molar-refractivity contribution in [3.63, 3.8) is 0 Å². The number of nitrogens with one attached hydrogen (secondary N) is 2. The van der Waals surface area contributed by atoms with E-state index in [4.69, 9.17) is 9.26 Å². The molecule has 2 aromatic rings. The van der Waals surface area contributed by atoms with Gasteiger partial charge in [0.15, 0.2) is 5.76 Å². The Hall–Kier alpha value is -2.88. The molecule has 146 valence electrons. The maximum Gasteiger partial charge on any atom is 0.319 e. The van der Waals surface area contributed by atoms with Crippen LogP contribution in [0.25, 0.3) is 0 Å². The summed E-state index contributed by atoms with van der Waals surface area (Å²) < 4.78 is 12.1. The minimum atomic E-state index is -0.312. The molecule has 2 N–H and O–H groups in total. The minimum absolute atomic E-state index is 0.0397. The van der Waals surface area contributed by atoms with Crippen LogP contribution in [-0.4, -0.2) is 53.3 Å². The van der Waals surface area contributed by atoms with Crippen molar-refractivity contribution in [3.05, 3.63) is 34.1 Å². The molecule has 27 heavy (non-hydrogen) atoms. The van der Waals surface area contributed by atoms with E-state index in [-0.39, 0.29) is 17.7 Å². The van der Waals surface area contributed by atoms with Crippen LogP contribution in [0.4, 0.5) is 16.2 Å². The summed E-state index contributed by atoms with van der Waals surface area (Å²) >= 11 is 0. The Morgan fingerprint density at radius 2 is 2.22 bits per heavy atom. The second-order valence-electron chi connectivity index (χ2n) is 6.48. The Bertz CT molecular complexity index is 842. The van der Waals surface area contributed by atoms with Gasteiger partial charge in [0.1, 0.15) is 11.4 Å². The topological polar surface area (TPSA) is 115 Å². The van der Waals surface area contributed by atoms with Crippen molar-refractivity contribution in [2.75, 3.05) is 36.5 Å². The molecule has 0 aliphatic carbocycles. The van der Waals surface area contributed by atoms with Crippen LogP contribution in [0.3, 0.4) is 0 Å². The first-order chi connectivity index (χ1) is 12.9. The molecule has 2 amide bonds. The third-order valence-corrected chi connectivity index (χ3v) is 4.48. The third-order valence-electron chi connectivity index (χ3n) is 4.48. The second-order valence-corrected chi connectivity index (χ2v) is 6.48. The van der Waals surface area contributed by atoms with Crippen LogP contribution >= 0.6 is 0 Å². The standard InChI is InChI=1S/C17H24N6O4/c1-11-16(12(2)27-21-11)20-17(25)18-5-4-14-10-23(6-7-26-14)13-8-15(24)22(3)19-9-13/h8-9,14H,4-7,10H2,1-3H3,(H2,18,20,25)/t14-/m1/s1. The van der Waals surface area contributed by atoms with Crippen molar-refractivity contribution in [2.45, 2.75) is 26.4 Å². The summed E-state index contributed by atoms with van der Waals surface area (Å²) in [5.41, 5.74) is 1.87. The lowest BCUT2D eigenvalue weighted by Crippen LogP contribution is -2.44. The predicted molar refractivity (Wildman–Crippen MR) is 99.0 cm³/mol. The van der Waals surface area contributed by atoms with Crippen molar-refractivity contribution in [1.29, 1.82) is 0 Å². The van der Waals surface area contributed by atoms with Crippen LogP contribution in [0.15, 0.2) is 21.6 Å². The zero-order valence-corrected chi connectivity index (χ0v) is 15.7. The van der Waals surface area contributed by atoms with Crippen LogP contribution in [0, 0.1) is 13.8 Å². The number of hydrogen-bond donors (Lipinski definition) is 2. The number of morpholine rings is 1. The molecular formula is C17H24N6O4. The van der Waals surface area contributed by atoms with Gasteiger partial charge in [-0.1, -0.05) is 5.16 Å². The maximum absolute atomic E-state index is 12.0. The summed E-state index contributed by atoms with van der Waals surface area (Å²) in [6.45, 7) is 5.87. The smallest absolute Gasteiger partial charge is 0.319 e. The summed E-state index contributed by atoms with van der Waals surface area (Å²) in [5, 5.41) is 13.4. The molecule has 1 fully saturated rings. The zero-order valence-electron chi connectivity index (χ0n) is 15.7. The first kappa shape index (κ1) is 18.9. The lowest BCUT2D eigenvalue weighted by molar-refractivity contribution is 0.0359. The first-order valence-corrected chi connectivity index (χ1v) is 8.81. The Morgan fingerprint density at radius 1 is 1.41 bits per heavy atom. The number of aromatic nitrogens is 3. The van der Waals surface area contributed by atoms with E-state index in [2.05, 4.69) is 25.8 Å². The molecule has 0 bridgehead atoms. The monoisotopic (exact) mass is 376 g/mol. The molecule has 1 atom stereocenters. The van der Waals surface area contributed by atoms with Gasteiger partial charge in [-0.05, 0) is 20.3 Å². The summed E-state index contributed by atoms with van der Waals surface area (Å²) in [6, 6.07) is 1.26. The van der Waals surface area contributed by atoms with Gasteiger partial charge in [0, 0.05) is 32.7 Å². The number of hydrogen-bond acceptors (Lipinski definition) is 7. The van der Waals surface area contributed by atoms with Gasteiger partial charge in [0.2, 0.25) is 0 Å². The van der Waals surface area contributed by atoms with Gasteiger partial charge in [-0.25, -0.2) is 9.48 Å². The number of aryl methyl sites for hydroxylation is 3. The Morgan fingerprint density at radius 3 is 2.93 bits per heavy atom. The van der Waals surface area contributed by atoms with Crippen LogP contribution in [0.1, 0.15) is 17.9 Å². The van der Waals surface area contributed by atoms with E-state index < -0.39 is 0 Å². The lowest BCUT2D eigenvalue weighted by Gasteiger charge is -2.34. The van der Waals surface area contributed by atoms with Gasteiger partial charge >= 0.3 is 6.03 Å². The van der Waals surface area contributed by atoms with E-state index in [1.54, 1.807) is 33.2 Å². The number of ether oxygens (including phenoxy) is 1. The number of anilines is 2. The molecule has 3 heterocycles. The highest BCUT2D eigenvalue weighted by Crippen LogP contribution is 2.18. The fraction of sp³-hybridized carbons (Fsp3) is 0.529. The van der Waals surface area contributed by atoms with Gasteiger partial charge in [-0.2, -0.15) is 5.10 Å². The Balaban J connectivity index is 1.47. The van der Waals surface area contributed by atoms with E-state index in [0.717, 1.165) is 5.69 Å². The SMILES string of the molecule is Cc1noc(C)c1NC(=O)NCC[C@@H]1CN(c2cnn(C)c(=O)c2)CCO1. The molecule has 2 aromatic heterocycles. The summed E-state index contributed by atoms with van der Waals surface area (Å²) in [7, 11) is 1.62. The molecular weight excluding hydrogens is 352 g/mol. The van der Waals surface area contributed by atoms with Gasteiger partial charge in [-0.15, -0.1) is 0 Å². The quantitative estimate of drug-likeness (QED) is 0.793. The zero-order chi connectivity index (χ0) is 19.4. The average molecular weight is 376 g/mol. The Labute approximate surface area is 156 Å². The fourth-order valence-electron chi connectivity index (χ4n) is 2.93. The van der Waals surface area contributed by atoms with Crippen molar-refractivity contribution >= 4 is 17.4 Å². The van der Waals surface area contributed by atoms with E-state index in [1.165, 1.54) is 4.68 Å². The molecule has 0 aromatic carbocycles. The Kier molecular flexibility index (Phi) is 5.75. The fourth-order valence-corrected chi connectivity index (χ4v) is 2.93. The average Bonchev–Trinajstić information content (AvgIpc) is 2.96. The van der Waals surface area contributed by atoms with Crippen molar-refractivity contribution in [3.8, 4) is 0 Å². The van der Waals surface area contributed by atoms with Crippen LogP contribution in [0.5, 0.6) is 0 Å². The largest absolute Gasteiger partial charge is 0.374 e. The van der Waals surface area contributed by atoms with Crippen molar-refractivity contribution < 1.29 is 14.1 Å². The minimum Gasteiger partial charge on any atom is -0.374 e. The highest BCUT2D eigenvalue weighted by molar-refractivity contribution is 5.90. The van der Waals surface area contributed by atoms with Crippen LogP contribution < -0.4 is 21.1 Å². The molecule has 3 rings (SSSR count). The number of nitrogens with zero attached hydrogens (tertiary/aromatic N) is 4. The molecule has 0 radical (unpaired) electrons. The molecule has 1 saturated heterocycles. The molecule has 10 heteroatoms. The number of carbonyl (C=O) groups excluding carboxylic acids is 1. The van der Waals surface area contributed by atoms with E-state index in [9.17, 15) is 9.59 Å². The van der Waals surface area contributed by atoms with Gasteiger partial charge in [0.05, 0.1) is 24.6 Å². The van der Waals surface area contributed by atoms with E-state index >= 15 is 0 Å². The van der Waals surface area contributed by atoms with Crippen molar-refractivity contribution in [1.82, 2.24) is 20.3 Å². The molecule has 10 nitrogen and oxygen atoms in total. The summed E-state index contributed by atoms with van der Waals surface area (Å²) in [6.07, 6.45) is 2.30. The highest BCUT2D eigenvalue weighted by atomic mass is 16.5. The van der Waals surface area contributed by atoms with Crippen molar-refractivity contribution in [2.24, 2.45) is 7.05 Å². The van der Waals surface area contributed by atoms with Crippen LogP contribution in [0.2, 0.25) is 0 Å². The van der Waals surface area contributed by atoms with Crippen LogP contribution in [-0.2, 0) is 11.8 Å². The molecule has 0 spiro atoms. The second kappa shape index (κ2) is 8.21. The molecule has 1 aliphatic rings. The molecule has 1 aliphatic heterocycles. The summed E-state index contributed by atoms with van der Waals surface area (Å²) in [4.78, 5) is 25.9. The summed E-state index contributed by atoms with van der Waals surface area (Å²) in [5.74, 6) is 0.566. The third kappa shape index (κ3) is 4.64. The van der Waals surface area contributed by atoms with Gasteiger partial charge in [0.25, 0.3) is 5.56 Å². The predicted octanol–water partition coefficient (Wildman–Crippen LogP) is 0.802. The first-order valence-electron chi connectivity index (χ1n) is 8.81. The van der Waals surface area contributed by atoms with Gasteiger partial charge < -0.3 is 24.8 Å². The molecule has 0 unspecified atom stereocenters.